The topological polar surface area (TPSA) is 20.2 Å². The van der Waals surface area contributed by atoms with Gasteiger partial charge >= 0.3 is 0 Å². The lowest BCUT2D eigenvalue weighted by Gasteiger charge is -1.98. The summed E-state index contributed by atoms with van der Waals surface area (Å²) in [5, 5.41) is 9.80. The van der Waals surface area contributed by atoms with Crippen molar-refractivity contribution in [3.63, 3.8) is 0 Å². The molecule has 90 valence electrons. The van der Waals surface area contributed by atoms with Crippen LogP contribution >= 0.6 is 0 Å². The van der Waals surface area contributed by atoms with Crippen LogP contribution in [0.3, 0.4) is 0 Å². The molecule has 0 atom stereocenters. The molecule has 0 bridgehead atoms. The zero-order valence-electron chi connectivity index (χ0n) is 10.1. The predicted molar refractivity (Wildman–Crippen MR) is 77.0 cm³/mol. The standard InChI is InChI=1S/C17H16O/c18-17(13-11-15-7-3-1-4-8-15)14-12-16-9-5-2-6-10-16/h1-14,17-18H/b13-11+,14-12+. The Kier molecular flexibility index (Phi) is 4.51. The lowest BCUT2D eigenvalue weighted by Crippen LogP contribution is -1.95. The van der Waals surface area contributed by atoms with Crippen molar-refractivity contribution in [2.75, 3.05) is 0 Å². The van der Waals surface area contributed by atoms with Crippen LogP contribution in [0.15, 0.2) is 72.8 Å². The van der Waals surface area contributed by atoms with Crippen molar-refractivity contribution in [1.29, 1.82) is 0 Å². The highest BCUT2D eigenvalue weighted by molar-refractivity contribution is 5.53. The first-order valence-electron chi connectivity index (χ1n) is 5.99. The maximum atomic E-state index is 9.80. The summed E-state index contributed by atoms with van der Waals surface area (Å²) in [5.41, 5.74) is 2.18. The van der Waals surface area contributed by atoms with Gasteiger partial charge in [0.15, 0.2) is 0 Å². The van der Waals surface area contributed by atoms with Gasteiger partial charge in [0, 0.05) is 0 Å². The Morgan fingerprint density at radius 3 is 1.44 bits per heavy atom. The number of rotatable bonds is 4. The van der Waals surface area contributed by atoms with Gasteiger partial charge in [-0.05, 0) is 11.1 Å². The van der Waals surface area contributed by atoms with Gasteiger partial charge in [0.2, 0.25) is 0 Å². The largest absolute Gasteiger partial charge is 0.385 e. The van der Waals surface area contributed by atoms with Crippen LogP contribution in [0, 0.1) is 0 Å². The van der Waals surface area contributed by atoms with E-state index in [1.165, 1.54) is 0 Å². The first kappa shape index (κ1) is 12.3. The molecular weight excluding hydrogens is 220 g/mol. The molecule has 0 fully saturated rings. The maximum Gasteiger partial charge on any atom is 0.0909 e. The molecule has 0 heterocycles. The van der Waals surface area contributed by atoms with E-state index in [0.29, 0.717) is 0 Å². The second-order valence-electron chi connectivity index (χ2n) is 4.03. The Morgan fingerprint density at radius 2 is 1.06 bits per heavy atom. The molecule has 0 saturated heterocycles. The zero-order valence-corrected chi connectivity index (χ0v) is 10.1. The number of hydrogen-bond acceptors (Lipinski definition) is 1. The van der Waals surface area contributed by atoms with Crippen LogP contribution in [0.2, 0.25) is 0 Å². The van der Waals surface area contributed by atoms with E-state index in [1.54, 1.807) is 12.2 Å². The lowest BCUT2D eigenvalue weighted by molar-refractivity contribution is 0.273. The van der Waals surface area contributed by atoms with Crippen LogP contribution in [-0.2, 0) is 0 Å². The Labute approximate surface area is 108 Å². The fourth-order valence-corrected chi connectivity index (χ4v) is 1.61. The van der Waals surface area contributed by atoms with Crippen molar-refractivity contribution in [3.05, 3.63) is 83.9 Å². The molecular formula is C17H16O. The molecule has 1 nitrogen and oxygen atoms in total. The minimum Gasteiger partial charge on any atom is -0.385 e. The second-order valence-corrected chi connectivity index (χ2v) is 4.03. The summed E-state index contributed by atoms with van der Waals surface area (Å²) in [5.74, 6) is 0. The quantitative estimate of drug-likeness (QED) is 0.856. The third kappa shape index (κ3) is 4.04. The predicted octanol–water partition coefficient (Wildman–Crippen LogP) is 3.77. The van der Waals surface area contributed by atoms with Crippen molar-refractivity contribution in [2.45, 2.75) is 6.10 Å². The van der Waals surface area contributed by atoms with E-state index in [2.05, 4.69) is 0 Å². The van der Waals surface area contributed by atoms with Gasteiger partial charge in [0.05, 0.1) is 6.10 Å². The molecule has 0 aliphatic rings. The minimum absolute atomic E-state index is 0.564. The lowest BCUT2D eigenvalue weighted by atomic mass is 10.1. The van der Waals surface area contributed by atoms with Gasteiger partial charge in [-0.1, -0.05) is 85.0 Å². The van der Waals surface area contributed by atoms with Gasteiger partial charge in [0.25, 0.3) is 0 Å². The van der Waals surface area contributed by atoms with E-state index >= 15 is 0 Å². The number of hydrogen-bond donors (Lipinski definition) is 1. The average molecular weight is 236 g/mol. The second kappa shape index (κ2) is 6.58. The monoisotopic (exact) mass is 236 g/mol. The first-order valence-corrected chi connectivity index (χ1v) is 5.99. The summed E-state index contributed by atoms with van der Waals surface area (Å²) in [4.78, 5) is 0. The molecule has 2 aromatic carbocycles. The van der Waals surface area contributed by atoms with Crippen LogP contribution in [0.4, 0.5) is 0 Å². The van der Waals surface area contributed by atoms with E-state index in [4.69, 9.17) is 0 Å². The number of aliphatic hydroxyl groups excluding tert-OH is 1. The summed E-state index contributed by atoms with van der Waals surface area (Å²) < 4.78 is 0. The first-order chi connectivity index (χ1) is 8.84. The maximum absolute atomic E-state index is 9.80. The summed E-state index contributed by atoms with van der Waals surface area (Å²) >= 11 is 0. The highest BCUT2D eigenvalue weighted by Gasteiger charge is 1.92. The smallest absolute Gasteiger partial charge is 0.0909 e. The fraction of sp³-hybridized carbons (Fsp3) is 0.0588. The highest BCUT2D eigenvalue weighted by atomic mass is 16.3. The van der Waals surface area contributed by atoms with Crippen molar-refractivity contribution in [1.82, 2.24) is 0 Å². The molecule has 0 aliphatic heterocycles. The third-order valence-electron chi connectivity index (χ3n) is 2.57. The molecule has 2 aromatic rings. The summed E-state index contributed by atoms with van der Waals surface area (Å²) in [6, 6.07) is 19.9. The van der Waals surface area contributed by atoms with E-state index in [9.17, 15) is 5.11 Å². The number of aliphatic hydroxyl groups is 1. The molecule has 0 saturated carbocycles. The van der Waals surface area contributed by atoms with Gasteiger partial charge in [-0.15, -0.1) is 0 Å². The molecule has 0 radical (unpaired) electrons. The SMILES string of the molecule is OC(/C=C/c1ccccc1)/C=C/c1ccccc1. The highest BCUT2D eigenvalue weighted by Crippen LogP contribution is 2.05. The Morgan fingerprint density at radius 1 is 0.667 bits per heavy atom. The Balaban J connectivity index is 1.95. The Bertz CT molecular complexity index is 462. The number of benzene rings is 2. The van der Waals surface area contributed by atoms with Crippen LogP contribution in [0.25, 0.3) is 12.2 Å². The molecule has 0 spiro atoms. The normalized spacial score (nSPS) is 11.7. The third-order valence-corrected chi connectivity index (χ3v) is 2.57. The van der Waals surface area contributed by atoms with Crippen LogP contribution < -0.4 is 0 Å². The van der Waals surface area contributed by atoms with Gasteiger partial charge in [-0.3, -0.25) is 0 Å². The van der Waals surface area contributed by atoms with E-state index in [0.717, 1.165) is 11.1 Å². The van der Waals surface area contributed by atoms with Gasteiger partial charge < -0.3 is 5.11 Å². The zero-order chi connectivity index (χ0) is 12.6. The molecule has 1 heteroatoms. The van der Waals surface area contributed by atoms with Crippen molar-refractivity contribution in [2.24, 2.45) is 0 Å². The molecule has 2 rings (SSSR count). The summed E-state index contributed by atoms with van der Waals surface area (Å²) in [6.45, 7) is 0. The average Bonchev–Trinajstić information content (AvgIpc) is 2.45. The summed E-state index contributed by atoms with van der Waals surface area (Å²) in [7, 11) is 0. The van der Waals surface area contributed by atoms with Crippen molar-refractivity contribution in [3.8, 4) is 0 Å². The van der Waals surface area contributed by atoms with Gasteiger partial charge in [0.1, 0.15) is 0 Å². The molecule has 0 aliphatic carbocycles. The molecule has 0 amide bonds. The van der Waals surface area contributed by atoms with E-state index in [1.807, 2.05) is 72.8 Å². The van der Waals surface area contributed by atoms with Crippen molar-refractivity contribution >= 4 is 12.2 Å². The van der Waals surface area contributed by atoms with Crippen molar-refractivity contribution < 1.29 is 5.11 Å². The van der Waals surface area contributed by atoms with Gasteiger partial charge in [-0.25, -0.2) is 0 Å². The van der Waals surface area contributed by atoms with Gasteiger partial charge in [-0.2, -0.15) is 0 Å². The summed E-state index contributed by atoms with van der Waals surface area (Å²) in [6.07, 6.45) is 6.81. The molecule has 1 N–H and O–H groups in total. The van der Waals surface area contributed by atoms with Crippen LogP contribution in [0.1, 0.15) is 11.1 Å². The molecule has 0 aromatic heterocycles. The van der Waals surface area contributed by atoms with E-state index in [-0.39, 0.29) is 0 Å². The molecule has 0 unspecified atom stereocenters. The Hall–Kier alpha value is -2.12. The minimum atomic E-state index is -0.564. The molecule has 18 heavy (non-hydrogen) atoms. The van der Waals surface area contributed by atoms with Crippen LogP contribution in [-0.4, -0.2) is 11.2 Å². The fourth-order valence-electron chi connectivity index (χ4n) is 1.61. The van der Waals surface area contributed by atoms with Crippen LogP contribution in [0.5, 0.6) is 0 Å². The van der Waals surface area contributed by atoms with E-state index < -0.39 is 6.10 Å².